The first-order valence-electron chi connectivity index (χ1n) is 7.31. The highest BCUT2D eigenvalue weighted by molar-refractivity contribution is 6.25. The zero-order chi connectivity index (χ0) is 13.1. The molecule has 95 valence electrons. The summed E-state index contributed by atoms with van der Waals surface area (Å²) in [4.78, 5) is 4.84. The van der Waals surface area contributed by atoms with Gasteiger partial charge in [0.2, 0.25) is 0 Å². The van der Waals surface area contributed by atoms with Gasteiger partial charge in [-0.25, -0.2) is 0 Å². The highest BCUT2D eigenvalue weighted by Gasteiger charge is 2.22. The summed E-state index contributed by atoms with van der Waals surface area (Å²) < 4.78 is 0. The van der Waals surface area contributed by atoms with Crippen LogP contribution in [0.1, 0.15) is 24.8 Å². The van der Waals surface area contributed by atoms with E-state index in [-0.39, 0.29) is 0 Å². The summed E-state index contributed by atoms with van der Waals surface area (Å²) in [5.41, 5.74) is 7.89. The van der Waals surface area contributed by atoms with E-state index in [4.69, 9.17) is 4.99 Å². The third-order valence-electron chi connectivity index (χ3n) is 4.55. The summed E-state index contributed by atoms with van der Waals surface area (Å²) >= 11 is 0. The minimum Gasteiger partial charge on any atom is -0.252 e. The number of benzene rings is 2. The predicted octanol–water partition coefficient (Wildman–Crippen LogP) is 3.12. The smallest absolute Gasteiger partial charge is 0.0715 e. The quantitative estimate of drug-likeness (QED) is 0.586. The first-order chi connectivity index (χ1) is 9.90. The van der Waals surface area contributed by atoms with Crippen molar-refractivity contribution >= 4 is 23.0 Å². The zero-order valence-electron chi connectivity index (χ0n) is 11.2. The third-order valence-corrected chi connectivity index (χ3v) is 4.55. The lowest BCUT2D eigenvalue weighted by Gasteiger charge is -2.12. The SMILES string of the molecule is [CH]1CCCC2=Nc3cc4c(cc3=C12)-c1ccccc1C=4. The lowest BCUT2D eigenvalue weighted by atomic mass is 9.92. The molecule has 20 heavy (non-hydrogen) atoms. The average Bonchev–Trinajstić information content (AvgIpc) is 3.02. The Labute approximate surface area is 118 Å². The molecule has 1 nitrogen and oxygen atoms in total. The van der Waals surface area contributed by atoms with Gasteiger partial charge in [0.25, 0.3) is 0 Å². The third kappa shape index (κ3) is 1.30. The Morgan fingerprint density at radius 1 is 1.00 bits per heavy atom. The molecule has 1 radical (unpaired) electrons. The predicted molar refractivity (Wildman–Crippen MR) is 83.3 cm³/mol. The zero-order valence-corrected chi connectivity index (χ0v) is 11.2. The molecule has 1 saturated carbocycles. The highest BCUT2D eigenvalue weighted by Crippen LogP contribution is 2.31. The summed E-state index contributed by atoms with van der Waals surface area (Å²) in [5, 5.41) is 2.65. The maximum Gasteiger partial charge on any atom is 0.0715 e. The fraction of sp³-hybridized carbons (Fsp3) is 0.158. The summed E-state index contributed by atoms with van der Waals surface area (Å²) in [6.07, 6.45) is 8.21. The lowest BCUT2D eigenvalue weighted by Crippen LogP contribution is -2.15. The molecule has 1 heteroatoms. The molecule has 5 rings (SSSR count). The van der Waals surface area contributed by atoms with E-state index in [0.717, 1.165) is 12.1 Å². The van der Waals surface area contributed by atoms with Crippen molar-refractivity contribution in [3.05, 3.63) is 58.8 Å². The van der Waals surface area contributed by atoms with E-state index in [1.807, 2.05) is 0 Å². The second kappa shape index (κ2) is 3.69. The van der Waals surface area contributed by atoms with Gasteiger partial charge in [-0.05, 0) is 71.4 Å². The molecular weight excluding hydrogens is 242 g/mol. The van der Waals surface area contributed by atoms with Crippen molar-refractivity contribution in [2.45, 2.75) is 19.3 Å². The van der Waals surface area contributed by atoms with Crippen LogP contribution < -0.4 is 10.4 Å². The molecule has 2 aliphatic carbocycles. The van der Waals surface area contributed by atoms with Gasteiger partial charge in [-0.3, -0.25) is 4.99 Å². The van der Waals surface area contributed by atoms with Crippen LogP contribution in [0.15, 0.2) is 41.4 Å². The number of aliphatic imine (C=N–C) groups is 1. The molecule has 2 aromatic rings. The van der Waals surface area contributed by atoms with Crippen molar-refractivity contribution < 1.29 is 0 Å². The van der Waals surface area contributed by atoms with Crippen molar-refractivity contribution in [1.29, 1.82) is 0 Å². The lowest BCUT2D eigenvalue weighted by molar-refractivity contribution is 0.853. The molecule has 0 saturated heterocycles. The van der Waals surface area contributed by atoms with E-state index in [1.165, 1.54) is 51.3 Å². The van der Waals surface area contributed by atoms with Gasteiger partial charge < -0.3 is 0 Å². The Morgan fingerprint density at radius 2 is 1.95 bits per heavy atom. The average molecular weight is 256 g/mol. The van der Waals surface area contributed by atoms with Crippen molar-refractivity contribution in [3.63, 3.8) is 0 Å². The molecule has 1 fully saturated rings. The number of hydrogen-bond donors (Lipinski definition) is 0. The van der Waals surface area contributed by atoms with Crippen molar-refractivity contribution in [2.24, 2.45) is 4.99 Å². The van der Waals surface area contributed by atoms with Crippen LogP contribution in [0.3, 0.4) is 0 Å². The molecule has 0 atom stereocenters. The molecule has 1 heterocycles. The molecule has 0 spiro atoms. The van der Waals surface area contributed by atoms with E-state index < -0.39 is 0 Å². The van der Waals surface area contributed by atoms with Gasteiger partial charge >= 0.3 is 0 Å². The van der Waals surface area contributed by atoms with Gasteiger partial charge in [-0.2, -0.15) is 0 Å². The van der Waals surface area contributed by atoms with Crippen LogP contribution in [0.2, 0.25) is 0 Å². The van der Waals surface area contributed by atoms with E-state index in [2.05, 4.69) is 48.9 Å². The van der Waals surface area contributed by atoms with Gasteiger partial charge in [0, 0.05) is 10.9 Å². The number of nitrogens with zero attached hydrogens (tertiary/aromatic N) is 1. The Balaban J connectivity index is 1.84. The van der Waals surface area contributed by atoms with Gasteiger partial charge in [0.1, 0.15) is 0 Å². The second-order valence-corrected chi connectivity index (χ2v) is 5.76. The van der Waals surface area contributed by atoms with Crippen LogP contribution in [0, 0.1) is 6.42 Å². The molecule has 0 N–H and O–H groups in total. The van der Waals surface area contributed by atoms with Crippen LogP contribution in [0.25, 0.3) is 22.8 Å². The van der Waals surface area contributed by atoms with Crippen LogP contribution in [0.4, 0.5) is 5.69 Å². The Morgan fingerprint density at radius 3 is 2.95 bits per heavy atom. The Hall–Kier alpha value is -2.15. The molecule has 1 aliphatic heterocycles. The van der Waals surface area contributed by atoms with E-state index in [0.29, 0.717) is 0 Å². The van der Waals surface area contributed by atoms with Crippen LogP contribution >= 0.6 is 0 Å². The van der Waals surface area contributed by atoms with E-state index in [1.54, 1.807) is 0 Å². The summed E-state index contributed by atoms with van der Waals surface area (Å²) in [6, 6.07) is 13.2. The maximum atomic E-state index is 4.84. The molecule has 3 aliphatic rings. The van der Waals surface area contributed by atoms with Crippen molar-refractivity contribution in [2.75, 3.05) is 0 Å². The Bertz CT molecular complexity index is 900. The molecule has 0 amide bonds. The van der Waals surface area contributed by atoms with E-state index >= 15 is 0 Å². The van der Waals surface area contributed by atoms with Crippen molar-refractivity contribution in [3.8, 4) is 11.1 Å². The van der Waals surface area contributed by atoms with Gasteiger partial charge in [-0.15, -0.1) is 0 Å². The Kier molecular flexibility index (Phi) is 1.96. The molecule has 0 bridgehead atoms. The van der Waals surface area contributed by atoms with Gasteiger partial charge in [-0.1, -0.05) is 24.3 Å². The first-order valence-corrected chi connectivity index (χ1v) is 7.31. The number of fused-ring (bicyclic) bond motifs is 5. The van der Waals surface area contributed by atoms with Gasteiger partial charge in [0.15, 0.2) is 0 Å². The second-order valence-electron chi connectivity index (χ2n) is 5.76. The summed E-state index contributed by atoms with van der Waals surface area (Å²) in [6.45, 7) is 0. The van der Waals surface area contributed by atoms with Crippen LogP contribution in [0.5, 0.6) is 0 Å². The number of rotatable bonds is 0. The van der Waals surface area contributed by atoms with Gasteiger partial charge in [0.05, 0.1) is 5.69 Å². The minimum atomic E-state index is 1.13. The van der Waals surface area contributed by atoms with Crippen molar-refractivity contribution in [1.82, 2.24) is 0 Å². The topological polar surface area (TPSA) is 12.4 Å². The largest absolute Gasteiger partial charge is 0.252 e. The van der Waals surface area contributed by atoms with Crippen LogP contribution in [-0.2, 0) is 0 Å². The maximum absolute atomic E-state index is 4.84. The normalized spacial score (nSPS) is 17.8. The molecule has 0 aromatic heterocycles. The summed E-state index contributed by atoms with van der Waals surface area (Å²) in [5.74, 6) is 0. The fourth-order valence-electron chi connectivity index (χ4n) is 3.60. The first kappa shape index (κ1) is 10.6. The fourth-order valence-corrected chi connectivity index (χ4v) is 3.60. The highest BCUT2D eigenvalue weighted by atomic mass is 14.8. The van der Waals surface area contributed by atoms with Crippen LogP contribution in [-0.4, -0.2) is 5.71 Å². The standard InChI is InChI=1S/C19H14N/c1-2-6-14-12(5-1)9-13-10-19-17(11-16(13)14)15-7-3-4-8-18(15)20-19/h1-2,5-7,9-11H,3-4,8H2. The summed E-state index contributed by atoms with van der Waals surface area (Å²) in [7, 11) is 0. The molecule has 0 unspecified atom stereocenters. The molecule has 2 aromatic carbocycles. The molecular formula is C19H14N. The van der Waals surface area contributed by atoms with E-state index in [9.17, 15) is 0 Å². The number of hydrogen-bond acceptors (Lipinski definition) is 1. The minimum absolute atomic E-state index is 1.13. The monoisotopic (exact) mass is 256 g/mol.